The molecule has 0 radical (unpaired) electrons. The van der Waals surface area contributed by atoms with Crippen LogP contribution >= 0.6 is 0 Å². The van der Waals surface area contributed by atoms with Crippen LogP contribution in [-0.4, -0.2) is 45.2 Å². The molecule has 0 amide bonds. The fourth-order valence-corrected chi connectivity index (χ4v) is 1.28. The van der Waals surface area contributed by atoms with E-state index in [0.29, 0.717) is 19.1 Å². The van der Waals surface area contributed by atoms with Gasteiger partial charge in [-0.15, -0.1) is 12.1 Å². The molecule has 0 aliphatic heterocycles. The molecule has 1 aliphatic carbocycles. The topological polar surface area (TPSA) is 12.5 Å². The third kappa shape index (κ3) is 8.80. The summed E-state index contributed by atoms with van der Waals surface area (Å²) in [6.45, 7) is -0.229. The minimum absolute atomic E-state index is 0. The van der Waals surface area contributed by atoms with Gasteiger partial charge in [0, 0.05) is 13.2 Å². The average Bonchev–Trinajstić information content (AvgIpc) is 2.94. The third-order valence-corrected chi connectivity index (χ3v) is 2.60. The monoisotopic (exact) mass is 275 g/mol. The Labute approximate surface area is 143 Å². The Bertz CT molecular complexity index is 246. The fraction of sp³-hybridized carbons (Fsp3) is 0.800. The molecule has 1 aliphatic rings. The number of hydrogen-bond acceptors (Lipinski definition) is 2. The molecule has 0 aromatic rings. The van der Waals surface area contributed by atoms with Crippen LogP contribution in [0.3, 0.4) is 0 Å². The Balaban J connectivity index is 0.00000256. The van der Waals surface area contributed by atoms with Crippen molar-refractivity contribution >= 4 is 6.98 Å². The van der Waals surface area contributed by atoms with Crippen LogP contribution in [0, 0.1) is 5.92 Å². The van der Waals surface area contributed by atoms with E-state index >= 15 is 0 Å². The van der Waals surface area contributed by atoms with Gasteiger partial charge < -0.3 is 22.6 Å². The minimum atomic E-state index is -4.90. The van der Waals surface area contributed by atoms with Gasteiger partial charge in [-0.05, 0) is 32.4 Å². The van der Waals surface area contributed by atoms with Crippen LogP contribution < -0.4 is 51.4 Å². The average molecular weight is 275 g/mol. The number of likely N-dealkylation sites (N-methyl/N-ethyl adjacent to an activating group) is 1. The van der Waals surface area contributed by atoms with Crippen LogP contribution in [0.4, 0.5) is 12.9 Å². The second kappa shape index (κ2) is 8.35. The minimum Gasteiger partial charge on any atom is -0.445 e. The Morgan fingerprint density at radius 3 is 2.47 bits per heavy atom. The van der Waals surface area contributed by atoms with Crippen LogP contribution in [0.25, 0.3) is 0 Å². The molecular formula is C10H18BF3KNO. The molecule has 0 aromatic heterocycles. The largest absolute Gasteiger partial charge is 1.00 e. The Morgan fingerprint density at radius 1 is 1.41 bits per heavy atom. The van der Waals surface area contributed by atoms with Crippen LogP contribution in [-0.2, 0) is 4.74 Å². The fourth-order valence-electron chi connectivity index (χ4n) is 1.28. The van der Waals surface area contributed by atoms with Crippen molar-refractivity contribution in [3.8, 4) is 0 Å². The van der Waals surface area contributed by atoms with E-state index in [1.165, 1.54) is 12.8 Å². The van der Waals surface area contributed by atoms with Gasteiger partial charge in [0.15, 0.2) is 0 Å². The maximum absolute atomic E-state index is 12.2. The number of nitrogens with zero attached hydrogens (tertiary/aromatic N) is 1. The quantitative estimate of drug-likeness (QED) is 0.429. The van der Waals surface area contributed by atoms with Crippen molar-refractivity contribution in [2.45, 2.75) is 12.8 Å². The Kier molecular flexibility index (Phi) is 8.91. The van der Waals surface area contributed by atoms with Crippen molar-refractivity contribution < 1.29 is 69.1 Å². The van der Waals surface area contributed by atoms with Crippen LogP contribution in [0.2, 0.25) is 0 Å². The first-order valence-electron chi connectivity index (χ1n) is 5.53. The maximum Gasteiger partial charge on any atom is 1.00 e. The molecule has 0 atom stereocenters. The van der Waals surface area contributed by atoms with Crippen LogP contribution in [0.5, 0.6) is 0 Å². The van der Waals surface area contributed by atoms with Gasteiger partial charge in [0.25, 0.3) is 0 Å². The molecule has 0 saturated heterocycles. The second-order valence-electron chi connectivity index (χ2n) is 4.49. The molecule has 0 heterocycles. The summed E-state index contributed by atoms with van der Waals surface area (Å²) < 4.78 is 42.0. The third-order valence-electron chi connectivity index (χ3n) is 2.60. The molecule has 17 heavy (non-hydrogen) atoms. The number of halogens is 3. The van der Waals surface area contributed by atoms with E-state index in [2.05, 4.69) is 6.58 Å². The first kappa shape index (κ1) is 18.2. The SMILES string of the molecule is C=C(CN(C)CCOCC1CC1)[B-](F)(F)F.[K+]. The molecule has 0 N–H and O–H groups in total. The zero-order valence-electron chi connectivity index (χ0n) is 10.6. The first-order valence-corrected chi connectivity index (χ1v) is 5.53. The van der Waals surface area contributed by atoms with E-state index in [1.54, 1.807) is 11.9 Å². The summed E-state index contributed by atoms with van der Waals surface area (Å²) in [6.07, 6.45) is 2.45. The molecule has 0 unspecified atom stereocenters. The van der Waals surface area contributed by atoms with E-state index in [9.17, 15) is 12.9 Å². The molecule has 1 rings (SSSR count). The Hall–Kier alpha value is 1.15. The van der Waals surface area contributed by atoms with Gasteiger partial charge in [0.1, 0.15) is 0 Å². The predicted molar refractivity (Wildman–Crippen MR) is 59.3 cm³/mol. The van der Waals surface area contributed by atoms with Gasteiger partial charge in [0.2, 0.25) is 0 Å². The van der Waals surface area contributed by atoms with Gasteiger partial charge in [-0.25, -0.2) is 0 Å². The molecule has 0 spiro atoms. The van der Waals surface area contributed by atoms with Crippen LogP contribution in [0.1, 0.15) is 12.8 Å². The van der Waals surface area contributed by atoms with E-state index in [1.807, 2.05) is 0 Å². The summed E-state index contributed by atoms with van der Waals surface area (Å²) in [5, 5.41) is 0. The number of rotatable bonds is 8. The number of hydrogen-bond donors (Lipinski definition) is 0. The molecule has 7 heteroatoms. The normalized spacial score (nSPS) is 15.8. The van der Waals surface area contributed by atoms with Gasteiger partial charge in [0.05, 0.1) is 6.61 Å². The summed E-state index contributed by atoms with van der Waals surface area (Å²) >= 11 is 0. The van der Waals surface area contributed by atoms with Crippen molar-refractivity contribution in [3.63, 3.8) is 0 Å². The van der Waals surface area contributed by atoms with E-state index in [-0.39, 0.29) is 57.9 Å². The molecule has 2 nitrogen and oxygen atoms in total. The molecule has 1 fully saturated rings. The first-order chi connectivity index (χ1) is 7.39. The predicted octanol–water partition coefficient (Wildman–Crippen LogP) is -0.708. The van der Waals surface area contributed by atoms with Crippen molar-refractivity contribution in [2.75, 3.05) is 33.4 Å². The van der Waals surface area contributed by atoms with Gasteiger partial charge in [-0.2, -0.15) is 0 Å². The maximum atomic E-state index is 12.2. The molecule has 0 aromatic carbocycles. The smallest absolute Gasteiger partial charge is 0.445 e. The Morgan fingerprint density at radius 2 is 2.00 bits per heavy atom. The summed E-state index contributed by atoms with van der Waals surface area (Å²) in [6, 6.07) is 0. The molecule has 0 bridgehead atoms. The van der Waals surface area contributed by atoms with E-state index in [4.69, 9.17) is 4.74 Å². The van der Waals surface area contributed by atoms with Crippen molar-refractivity contribution in [1.82, 2.24) is 4.90 Å². The zero-order valence-corrected chi connectivity index (χ0v) is 13.7. The summed E-state index contributed by atoms with van der Waals surface area (Å²) in [5.41, 5.74) is -0.648. The van der Waals surface area contributed by atoms with Crippen molar-refractivity contribution in [2.24, 2.45) is 5.92 Å². The summed E-state index contributed by atoms with van der Waals surface area (Å²) in [7, 11) is 1.65. The second-order valence-corrected chi connectivity index (χ2v) is 4.49. The molecular weight excluding hydrogens is 257 g/mol. The molecule has 94 valence electrons. The van der Waals surface area contributed by atoms with Gasteiger partial charge in [-0.1, -0.05) is 0 Å². The van der Waals surface area contributed by atoms with Crippen molar-refractivity contribution in [1.29, 1.82) is 0 Å². The zero-order chi connectivity index (χ0) is 12.2. The van der Waals surface area contributed by atoms with Gasteiger partial charge in [-0.3, -0.25) is 0 Å². The molecule has 1 saturated carbocycles. The number of ether oxygens (including phenoxy) is 1. The van der Waals surface area contributed by atoms with E-state index < -0.39 is 12.4 Å². The summed E-state index contributed by atoms with van der Waals surface area (Å²) in [5.74, 6) is 0.693. The van der Waals surface area contributed by atoms with Crippen LogP contribution in [0.15, 0.2) is 12.1 Å². The van der Waals surface area contributed by atoms with Gasteiger partial charge >= 0.3 is 58.4 Å². The van der Waals surface area contributed by atoms with E-state index in [0.717, 1.165) is 6.61 Å². The standard InChI is InChI=1S/C10H18BF3NO.K/c1-9(11(12,13)14)7-15(2)5-6-16-8-10-3-4-10;/h10H,1,3-8H2,2H3;/q-1;+1. The summed E-state index contributed by atoms with van der Waals surface area (Å²) in [4.78, 5) is 1.59. The van der Waals surface area contributed by atoms with Crippen molar-refractivity contribution in [3.05, 3.63) is 12.1 Å².